The third-order valence-corrected chi connectivity index (χ3v) is 7.18. The topological polar surface area (TPSA) is 84.2 Å². The smallest absolute Gasteiger partial charge is 0.240 e. The van der Waals surface area contributed by atoms with Crippen molar-refractivity contribution in [2.75, 3.05) is 10.2 Å². The van der Waals surface area contributed by atoms with Crippen LogP contribution in [0.4, 0.5) is 20.4 Å². The van der Waals surface area contributed by atoms with Crippen molar-refractivity contribution in [2.45, 2.75) is 65.0 Å². The van der Waals surface area contributed by atoms with E-state index in [1.165, 1.54) is 23.2 Å². The van der Waals surface area contributed by atoms with Crippen LogP contribution < -0.4 is 10.2 Å². The molecule has 7 nitrogen and oxygen atoms in total. The van der Waals surface area contributed by atoms with Gasteiger partial charge in [-0.3, -0.25) is 9.69 Å². The number of nitrogens with one attached hydrogen (secondary N) is 1. The minimum Gasteiger partial charge on any atom is -0.461 e. The van der Waals surface area contributed by atoms with Crippen molar-refractivity contribution in [1.29, 1.82) is 0 Å². The lowest BCUT2D eigenvalue weighted by Crippen LogP contribution is -2.52. The first kappa shape index (κ1) is 24.8. The lowest BCUT2D eigenvalue weighted by atomic mass is 9.72. The fraction of sp³-hybridized carbons (Fsp3) is 0.357. The molecule has 5 rings (SSSR count). The number of hydrogen-bond acceptors (Lipinski definition) is 6. The first-order chi connectivity index (χ1) is 17.9. The average Bonchev–Trinajstić information content (AvgIpc) is 3.29. The second-order valence-corrected chi connectivity index (χ2v) is 9.42. The van der Waals surface area contributed by atoms with Crippen LogP contribution in [0.1, 0.15) is 62.2 Å². The molecule has 0 saturated carbocycles. The van der Waals surface area contributed by atoms with E-state index in [1.807, 2.05) is 13.0 Å². The number of carbonyl (C=O) groups is 1. The van der Waals surface area contributed by atoms with Crippen molar-refractivity contribution in [1.82, 2.24) is 15.0 Å². The first-order valence-corrected chi connectivity index (χ1v) is 12.6. The predicted molar refractivity (Wildman–Crippen MR) is 137 cm³/mol. The Balaban J connectivity index is 1.61. The molecule has 0 saturated heterocycles. The van der Waals surface area contributed by atoms with Crippen molar-refractivity contribution in [2.24, 2.45) is 0 Å². The van der Waals surface area contributed by atoms with Gasteiger partial charge in [0.2, 0.25) is 5.91 Å². The van der Waals surface area contributed by atoms with Crippen molar-refractivity contribution in [3.05, 3.63) is 77.1 Å². The summed E-state index contributed by atoms with van der Waals surface area (Å²) < 4.78 is 34.4. The number of hydrogen-bond donors (Lipinski definition) is 1. The zero-order valence-corrected chi connectivity index (χ0v) is 21.1. The maximum atomic E-state index is 14.9. The summed E-state index contributed by atoms with van der Waals surface area (Å²) in [5.41, 5.74) is 1.70. The molecule has 0 radical (unpaired) electrons. The highest BCUT2D eigenvalue weighted by Crippen LogP contribution is 2.44. The molecule has 1 aliphatic heterocycles. The molecule has 4 heterocycles. The predicted octanol–water partition coefficient (Wildman–Crippen LogP) is 6.20. The Kier molecular flexibility index (Phi) is 6.62. The highest BCUT2D eigenvalue weighted by molar-refractivity contribution is 6.02. The van der Waals surface area contributed by atoms with Gasteiger partial charge in [-0.15, -0.1) is 0 Å². The van der Waals surface area contributed by atoms with E-state index >= 15 is 0 Å². The molecule has 37 heavy (non-hydrogen) atoms. The Morgan fingerprint density at radius 3 is 2.73 bits per heavy atom. The molecule has 0 aliphatic carbocycles. The maximum Gasteiger partial charge on any atom is 0.240 e. The summed E-state index contributed by atoms with van der Waals surface area (Å²) >= 11 is 0. The van der Waals surface area contributed by atoms with Crippen LogP contribution >= 0.6 is 0 Å². The van der Waals surface area contributed by atoms with Gasteiger partial charge in [0.1, 0.15) is 23.5 Å². The standard InChI is InChI=1S/C28H29F2N5O2/c1-4-6-12-28(5-2)24-20(15-35(27(28)36)26-21(29)11-8-13-31-26)25(34-17(3)33-24)32-14-18-9-7-10-19-22(30)16-37-23(18)19/h7-11,13,16H,4-6,12,14-15H2,1-3H3,(H,32,33,34). The van der Waals surface area contributed by atoms with Gasteiger partial charge in [0.25, 0.3) is 0 Å². The van der Waals surface area contributed by atoms with Crippen LogP contribution in [0.2, 0.25) is 0 Å². The zero-order chi connectivity index (χ0) is 26.2. The van der Waals surface area contributed by atoms with Crippen molar-refractivity contribution in [3.8, 4) is 0 Å². The quantitative estimate of drug-likeness (QED) is 0.307. The number of halogens is 2. The molecule has 1 atom stereocenters. The summed E-state index contributed by atoms with van der Waals surface area (Å²) in [7, 11) is 0. The van der Waals surface area contributed by atoms with Gasteiger partial charge in [-0.05, 0) is 38.0 Å². The Hall–Kier alpha value is -3.88. The molecule has 9 heteroatoms. The highest BCUT2D eigenvalue weighted by Gasteiger charge is 2.49. The molecular formula is C28H29F2N5O2. The third-order valence-electron chi connectivity index (χ3n) is 7.18. The Bertz CT molecular complexity index is 1470. The van der Waals surface area contributed by atoms with Crippen molar-refractivity contribution < 1.29 is 18.0 Å². The number of furan rings is 1. The number of benzene rings is 1. The van der Waals surface area contributed by atoms with E-state index in [0.29, 0.717) is 47.7 Å². The number of pyridine rings is 1. The van der Waals surface area contributed by atoms with Gasteiger partial charge in [0.05, 0.1) is 23.0 Å². The second-order valence-electron chi connectivity index (χ2n) is 9.42. The van der Waals surface area contributed by atoms with Crippen LogP contribution in [-0.2, 0) is 23.3 Å². The average molecular weight is 506 g/mol. The first-order valence-electron chi connectivity index (χ1n) is 12.6. The number of aromatic nitrogens is 3. The van der Waals surface area contributed by atoms with Crippen LogP contribution in [0.25, 0.3) is 11.0 Å². The number of fused-ring (bicyclic) bond motifs is 2. The molecule has 1 aromatic carbocycles. The van der Waals surface area contributed by atoms with Gasteiger partial charge in [0, 0.05) is 23.9 Å². The van der Waals surface area contributed by atoms with Gasteiger partial charge >= 0.3 is 0 Å². The summed E-state index contributed by atoms with van der Waals surface area (Å²) in [4.78, 5) is 29.1. The van der Waals surface area contributed by atoms with Crippen LogP contribution in [-0.4, -0.2) is 20.9 Å². The monoisotopic (exact) mass is 505 g/mol. The third kappa shape index (κ3) is 4.22. The van der Waals surface area contributed by atoms with Crippen LogP contribution in [0.15, 0.2) is 47.2 Å². The molecular weight excluding hydrogens is 476 g/mol. The number of rotatable bonds is 8. The number of amides is 1. The van der Waals surface area contributed by atoms with E-state index in [-0.39, 0.29) is 18.3 Å². The van der Waals surface area contributed by atoms with E-state index in [2.05, 4.69) is 22.2 Å². The number of para-hydroxylation sites is 1. The molecule has 0 bridgehead atoms. The van der Waals surface area contributed by atoms with Crippen molar-refractivity contribution >= 4 is 28.5 Å². The van der Waals surface area contributed by atoms with E-state index < -0.39 is 17.0 Å². The maximum absolute atomic E-state index is 14.9. The van der Waals surface area contributed by atoms with Crippen LogP contribution in [0.5, 0.6) is 0 Å². The van der Waals surface area contributed by atoms with E-state index in [9.17, 15) is 13.6 Å². The molecule has 4 aromatic rings. The number of nitrogens with zero attached hydrogens (tertiary/aromatic N) is 4. The largest absolute Gasteiger partial charge is 0.461 e. The van der Waals surface area contributed by atoms with Crippen LogP contribution in [0, 0.1) is 18.6 Å². The number of unbranched alkanes of at least 4 members (excludes halogenated alkanes) is 1. The van der Waals surface area contributed by atoms with Gasteiger partial charge < -0.3 is 9.73 Å². The lowest BCUT2D eigenvalue weighted by molar-refractivity contribution is -0.125. The fourth-order valence-corrected chi connectivity index (χ4v) is 5.23. The van der Waals surface area contributed by atoms with E-state index in [4.69, 9.17) is 9.40 Å². The lowest BCUT2D eigenvalue weighted by Gasteiger charge is -2.42. The fourth-order valence-electron chi connectivity index (χ4n) is 5.23. The molecule has 1 N–H and O–H groups in total. The molecule has 192 valence electrons. The molecule has 1 unspecified atom stereocenters. The number of anilines is 2. The van der Waals surface area contributed by atoms with Crippen LogP contribution in [0.3, 0.4) is 0 Å². The van der Waals surface area contributed by atoms with Crippen molar-refractivity contribution in [3.63, 3.8) is 0 Å². The SMILES string of the molecule is CCCCC1(CC)C(=O)N(c2ncccc2F)Cc2c(NCc3cccc4c(F)coc34)nc(C)nc21. The zero-order valence-electron chi connectivity index (χ0n) is 21.1. The normalized spacial score (nSPS) is 17.3. The van der Waals surface area contributed by atoms with Gasteiger partial charge in [-0.1, -0.05) is 38.8 Å². The summed E-state index contributed by atoms with van der Waals surface area (Å²) in [6.07, 6.45) is 5.38. The van der Waals surface area contributed by atoms with Gasteiger partial charge in [-0.2, -0.15) is 0 Å². The van der Waals surface area contributed by atoms with Gasteiger partial charge in [0.15, 0.2) is 17.5 Å². The molecule has 1 amide bonds. The number of aryl methyl sites for hydroxylation is 1. The Morgan fingerprint density at radius 2 is 1.97 bits per heavy atom. The summed E-state index contributed by atoms with van der Waals surface area (Å²) in [6.45, 7) is 6.23. The number of carbonyl (C=O) groups excluding carboxylic acids is 1. The Labute approximate surface area is 213 Å². The Morgan fingerprint density at radius 1 is 1.14 bits per heavy atom. The summed E-state index contributed by atoms with van der Waals surface area (Å²) in [6, 6.07) is 8.11. The van der Waals surface area contributed by atoms with Gasteiger partial charge in [-0.25, -0.2) is 23.7 Å². The minimum absolute atomic E-state index is 0.00479. The molecule has 0 spiro atoms. The highest BCUT2D eigenvalue weighted by atomic mass is 19.1. The molecule has 0 fully saturated rings. The van der Waals surface area contributed by atoms with E-state index in [1.54, 1.807) is 19.1 Å². The summed E-state index contributed by atoms with van der Waals surface area (Å²) in [5, 5.41) is 3.77. The minimum atomic E-state index is -0.929. The second kappa shape index (κ2) is 9.88. The molecule has 3 aromatic heterocycles. The molecule has 1 aliphatic rings. The summed E-state index contributed by atoms with van der Waals surface area (Å²) in [5.74, 6) is -0.0998. The van der Waals surface area contributed by atoms with E-state index in [0.717, 1.165) is 30.2 Å².